The van der Waals surface area contributed by atoms with Gasteiger partial charge in [-0.3, -0.25) is 5.43 Å². The molecule has 2 rings (SSSR count). The summed E-state index contributed by atoms with van der Waals surface area (Å²) in [5, 5.41) is 4.01. The lowest BCUT2D eigenvalue weighted by molar-refractivity contribution is 0.211. The summed E-state index contributed by atoms with van der Waals surface area (Å²) in [4.78, 5) is 0. The molecule has 0 aromatic heterocycles. The maximum absolute atomic E-state index is 5.71. The van der Waals surface area contributed by atoms with Crippen molar-refractivity contribution in [3.05, 3.63) is 52.5 Å². The first-order chi connectivity index (χ1) is 12.1. The second-order valence-electron chi connectivity index (χ2n) is 4.80. The minimum Gasteiger partial charge on any atom is -0.493 e. The Balaban J connectivity index is 1.87. The number of rotatable bonds is 8. The van der Waals surface area contributed by atoms with Crippen LogP contribution in [0.25, 0.3) is 0 Å². The highest BCUT2D eigenvalue weighted by Crippen LogP contribution is 2.27. The first-order valence-corrected chi connectivity index (χ1v) is 8.56. The molecule has 2 aromatic carbocycles. The normalized spacial score (nSPS) is 10.5. The van der Waals surface area contributed by atoms with Gasteiger partial charge in [0.15, 0.2) is 16.6 Å². The fourth-order valence-electron chi connectivity index (χ4n) is 1.90. The van der Waals surface area contributed by atoms with E-state index in [1.165, 1.54) is 0 Å². The topological polar surface area (TPSA) is 78.1 Å². The van der Waals surface area contributed by atoms with E-state index >= 15 is 0 Å². The summed E-state index contributed by atoms with van der Waals surface area (Å²) in [6.45, 7) is 0.814. The summed E-state index contributed by atoms with van der Waals surface area (Å²) in [5.74, 6) is 2.01. The van der Waals surface area contributed by atoms with Crippen LogP contribution < -0.4 is 25.4 Å². The molecule has 0 aliphatic carbocycles. The van der Waals surface area contributed by atoms with Gasteiger partial charge in [-0.25, -0.2) is 0 Å². The zero-order chi connectivity index (χ0) is 18.1. The molecule has 6 nitrogen and oxygen atoms in total. The van der Waals surface area contributed by atoms with Crippen LogP contribution in [-0.2, 0) is 0 Å². The lowest BCUT2D eigenvalue weighted by Gasteiger charge is -2.12. The van der Waals surface area contributed by atoms with Crippen molar-refractivity contribution >= 4 is 39.5 Å². The van der Waals surface area contributed by atoms with Crippen molar-refractivity contribution in [3.63, 3.8) is 0 Å². The second-order valence-corrected chi connectivity index (χ2v) is 6.15. The third-order valence-corrected chi connectivity index (χ3v) is 3.62. The molecule has 0 amide bonds. The van der Waals surface area contributed by atoms with Gasteiger partial charge in [0.2, 0.25) is 0 Å². The Labute approximate surface area is 160 Å². The highest BCUT2D eigenvalue weighted by Gasteiger charge is 2.05. The molecule has 0 spiro atoms. The first-order valence-electron chi connectivity index (χ1n) is 7.36. The number of benzene rings is 2. The second kappa shape index (κ2) is 9.85. The van der Waals surface area contributed by atoms with Gasteiger partial charge >= 0.3 is 0 Å². The maximum atomic E-state index is 5.71. The molecule has 0 unspecified atom stereocenters. The number of ether oxygens (including phenoxy) is 3. The Morgan fingerprint density at radius 3 is 2.56 bits per heavy atom. The fourth-order valence-corrected chi connectivity index (χ4v) is 2.21. The van der Waals surface area contributed by atoms with E-state index in [9.17, 15) is 0 Å². The van der Waals surface area contributed by atoms with Crippen molar-refractivity contribution in [2.45, 2.75) is 0 Å². The van der Waals surface area contributed by atoms with E-state index in [0.717, 1.165) is 15.8 Å². The van der Waals surface area contributed by atoms with E-state index in [-0.39, 0.29) is 5.11 Å². The number of halogens is 1. The van der Waals surface area contributed by atoms with Crippen LogP contribution in [-0.4, -0.2) is 31.7 Å². The highest BCUT2D eigenvalue weighted by molar-refractivity contribution is 9.10. The molecule has 8 heteroatoms. The largest absolute Gasteiger partial charge is 0.493 e. The van der Waals surface area contributed by atoms with E-state index in [0.29, 0.717) is 24.7 Å². The van der Waals surface area contributed by atoms with Gasteiger partial charge in [-0.1, -0.05) is 15.9 Å². The zero-order valence-electron chi connectivity index (χ0n) is 13.6. The molecule has 0 heterocycles. The van der Waals surface area contributed by atoms with Crippen molar-refractivity contribution in [2.24, 2.45) is 10.8 Å². The average Bonchev–Trinajstić information content (AvgIpc) is 2.60. The average molecular weight is 424 g/mol. The van der Waals surface area contributed by atoms with Crippen LogP contribution in [0.1, 0.15) is 5.56 Å². The Kier molecular flexibility index (Phi) is 7.49. The Hall–Kier alpha value is -2.32. The summed E-state index contributed by atoms with van der Waals surface area (Å²) in [7, 11) is 1.58. The van der Waals surface area contributed by atoms with Gasteiger partial charge in [-0.05, 0) is 60.2 Å². The lowest BCUT2D eigenvalue weighted by Crippen LogP contribution is -2.23. The van der Waals surface area contributed by atoms with Crippen molar-refractivity contribution in [1.29, 1.82) is 0 Å². The van der Waals surface area contributed by atoms with Crippen LogP contribution in [0.2, 0.25) is 0 Å². The van der Waals surface area contributed by atoms with Gasteiger partial charge in [0, 0.05) is 4.47 Å². The minimum absolute atomic E-state index is 0.106. The van der Waals surface area contributed by atoms with Crippen molar-refractivity contribution < 1.29 is 14.2 Å². The molecule has 0 fully saturated rings. The molecule has 0 aliphatic heterocycles. The molecule has 2 aromatic rings. The summed E-state index contributed by atoms with van der Waals surface area (Å²) in [6, 6.07) is 13.1. The first kappa shape index (κ1) is 19.0. The van der Waals surface area contributed by atoms with Gasteiger partial charge in [0.05, 0.1) is 13.3 Å². The van der Waals surface area contributed by atoms with E-state index < -0.39 is 0 Å². The smallest absolute Gasteiger partial charge is 0.184 e. The molecule has 0 radical (unpaired) electrons. The molecule has 132 valence electrons. The zero-order valence-corrected chi connectivity index (χ0v) is 16.0. The summed E-state index contributed by atoms with van der Waals surface area (Å²) < 4.78 is 17.7. The summed E-state index contributed by atoms with van der Waals surface area (Å²) in [5.41, 5.74) is 8.61. The predicted octanol–water partition coefficient (Wildman–Crippen LogP) is 3.08. The van der Waals surface area contributed by atoms with Gasteiger partial charge in [0.25, 0.3) is 0 Å². The molecule has 0 aliphatic rings. The standard InChI is InChI=1S/C17H18BrN3O3S/c1-22-16-10-12(11-20-21-17(19)25)2-7-15(16)24-9-8-23-14-5-3-13(18)4-6-14/h2-7,10-11H,8-9H2,1H3,(H3,19,21,25). The Bertz CT molecular complexity index is 738. The molecular formula is C17H18BrN3O3S. The van der Waals surface area contributed by atoms with Crippen molar-refractivity contribution in [1.82, 2.24) is 5.43 Å². The fraction of sp³-hybridized carbons (Fsp3) is 0.176. The predicted molar refractivity (Wildman–Crippen MR) is 106 cm³/mol. The Morgan fingerprint density at radius 1 is 1.16 bits per heavy atom. The number of nitrogens with one attached hydrogen (secondary N) is 1. The third kappa shape index (κ3) is 6.60. The van der Waals surface area contributed by atoms with Crippen molar-refractivity contribution in [2.75, 3.05) is 20.3 Å². The van der Waals surface area contributed by atoms with E-state index in [1.54, 1.807) is 25.5 Å². The highest BCUT2D eigenvalue weighted by atomic mass is 79.9. The molecule has 0 atom stereocenters. The molecule has 0 saturated carbocycles. The van der Waals surface area contributed by atoms with E-state index in [2.05, 4.69) is 38.7 Å². The molecule has 3 N–H and O–H groups in total. The number of thiocarbonyl (C=S) groups is 1. The minimum atomic E-state index is 0.106. The van der Waals surface area contributed by atoms with Crippen LogP contribution in [0.5, 0.6) is 17.2 Å². The number of nitrogens with two attached hydrogens (primary N) is 1. The van der Waals surface area contributed by atoms with E-state index in [1.807, 2.05) is 30.3 Å². The summed E-state index contributed by atoms with van der Waals surface area (Å²) >= 11 is 8.06. The quantitative estimate of drug-likeness (QED) is 0.294. The van der Waals surface area contributed by atoms with Crippen LogP contribution in [0.4, 0.5) is 0 Å². The van der Waals surface area contributed by atoms with E-state index in [4.69, 9.17) is 19.9 Å². The molecule has 0 saturated heterocycles. The van der Waals surface area contributed by atoms with Gasteiger partial charge in [-0.2, -0.15) is 5.10 Å². The number of hydrazone groups is 1. The number of nitrogens with zero attached hydrogens (tertiary/aromatic N) is 1. The van der Waals surface area contributed by atoms with Gasteiger partial charge in [0.1, 0.15) is 19.0 Å². The number of hydrogen-bond donors (Lipinski definition) is 2. The molecule has 0 bridgehead atoms. The summed E-state index contributed by atoms with van der Waals surface area (Å²) in [6.07, 6.45) is 1.59. The third-order valence-electron chi connectivity index (χ3n) is 3.00. The van der Waals surface area contributed by atoms with Crippen LogP contribution in [0.15, 0.2) is 52.0 Å². The van der Waals surface area contributed by atoms with Crippen molar-refractivity contribution in [3.8, 4) is 17.2 Å². The van der Waals surface area contributed by atoms with Gasteiger partial charge in [-0.15, -0.1) is 0 Å². The lowest BCUT2D eigenvalue weighted by atomic mass is 10.2. The monoisotopic (exact) mass is 423 g/mol. The van der Waals surface area contributed by atoms with Crippen LogP contribution in [0.3, 0.4) is 0 Å². The number of methoxy groups -OCH3 is 1. The SMILES string of the molecule is COc1cc(C=NNC(N)=S)ccc1OCCOc1ccc(Br)cc1. The molecular weight excluding hydrogens is 406 g/mol. The van der Waals surface area contributed by atoms with Crippen LogP contribution in [0, 0.1) is 0 Å². The Morgan fingerprint density at radius 2 is 1.88 bits per heavy atom. The molecule has 25 heavy (non-hydrogen) atoms. The van der Waals surface area contributed by atoms with Gasteiger partial charge < -0.3 is 19.9 Å². The number of hydrogen-bond acceptors (Lipinski definition) is 5. The van der Waals surface area contributed by atoms with Crippen LogP contribution >= 0.6 is 28.1 Å². The maximum Gasteiger partial charge on any atom is 0.184 e.